The van der Waals surface area contributed by atoms with Crippen molar-refractivity contribution in [2.75, 3.05) is 20.3 Å². The molecule has 1 aliphatic rings. The third kappa shape index (κ3) is 4.50. The van der Waals surface area contributed by atoms with Crippen LogP contribution in [0.1, 0.15) is 23.4 Å². The smallest absolute Gasteiger partial charge is 0.338 e. The van der Waals surface area contributed by atoms with E-state index in [0.29, 0.717) is 27.2 Å². The number of methoxy groups -OCH3 is 1. The quantitative estimate of drug-likeness (QED) is 0.371. The first-order chi connectivity index (χ1) is 15.0. The molecule has 1 aromatic carbocycles. The lowest BCUT2D eigenvalue weighted by atomic mass is 10.0. The minimum atomic E-state index is -0.571. The van der Waals surface area contributed by atoms with E-state index in [1.807, 2.05) is 47.9 Å². The molecule has 0 unspecified atom stereocenters. The number of carbonyl (C=O) groups excluding carboxylic acids is 1. The predicted octanol–water partition coefficient (Wildman–Crippen LogP) is 3.25. The molecule has 0 spiro atoms. The Balaban J connectivity index is 1.84. The molecule has 3 aromatic rings. The van der Waals surface area contributed by atoms with E-state index in [1.54, 1.807) is 18.6 Å². The van der Waals surface area contributed by atoms with E-state index in [4.69, 9.17) is 9.47 Å². The second kappa shape index (κ2) is 9.44. The molecule has 0 N–H and O–H groups in total. The van der Waals surface area contributed by atoms with Gasteiger partial charge in [0, 0.05) is 16.5 Å². The van der Waals surface area contributed by atoms with Crippen molar-refractivity contribution in [3.05, 3.63) is 87.6 Å². The van der Waals surface area contributed by atoms with Gasteiger partial charge in [0.25, 0.3) is 5.56 Å². The SMILES string of the molecule is COCCOC(=O)C1=C(C)N=c2s/c(=C\c3ccc(Br)cc3)c(=O)n2[C@@H]1c1cccs1. The summed E-state index contributed by atoms with van der Waals surface area (Å²) in [5, 5.41) is 1.93. The van der Waals surface area contributed by atoms with Crippen LogP contribution in [0, 0.1) is 0 Å². The molecular weight excluding hydrogens is 500 g/mol. The third-order valence-corrected chi connectivity index (χ3v) is 7.18. The summed E-state index contributed by atoms with van der Waals surface area (Å²) in [6.45, 7) is 2.21. The molecule has 3 heterocycles. The molecule has 1 aliphatic heterocycles. The molecular formula is C22H19BrN2O4S2. The normalized spacial score (nSPS) is 16.2. The maximum atomic E-state index is 13.4. The molecule has 2 aromatic heterocycles. The summed E-state index contributed by atoms with van der Waals surface area (Å²) in [7, 11) is 1.55. The van der Waals surface area contributed by atoms with Gasteiger partial charge in [0.15, 0.2) is 4.80 Å². The topological polar surface area (TPSA) is 69.9 Å². The summed E-state index contributed by atoms with van der Waals surface area (Å²) in [5.74, 6) is -0.487. The maximum Gasteiger partial charge on any atom is 0.338 e. The molecule has 9 heteroatoms. The van der Waals surface area contributed by atoms with Gasteiger partial charge in [-0.1, -0.05) is 45.5 Å². The molecule has 4 rings (SSSR count). The number of fused-ring (bicyclic) bond motifs is 1. The van der Waals surface area contributed by atoms with Crippen LogP contribution in [0.4, 0.5) is 0 Å². The Kier molecular flexibility index (Phi) is 6.66. The molecule has 0 saturated carbocycles. The number of ether oxygens (including phenoxy) is 2. The number of halogens is 1. The molecule has 0 bridgehead atoms. The Morgan fingerprint density at radius 3 is 2.71 bits per heavy atom. The largest absolute Gasteiger partial charge is 0.460 e. The van der Waals surface area contributed by atoms with Crippen molar-refractivity contribution < 1.29 is 14.3 Å². The summed E-state index contributed by atoms with van der Waals surface area (Å²) in [5.41, 5.74) is 1.66. The lowest BCUT2D eigenvalue weighted by Gasteiger charge is -2.23. The second-order valence-electron chi connectivity index (χ2n) is 6.78. The van der Waals surface area contributed by atoms with Crippen LogP contribution in [0.15, 0.2) is 67.3 Å². The highest BCUT2D eigenvalue weighted by molar-refractivity contribution is 9.10. The molecule has 1 atom stereocenters. The Bertz CT molecular complexity index is 1300. The second-order valence-corrected chi connectivity index (χ2v) is 9.68. The number of benzene rings is 1. The molecule has 0 fully saturated rings. The van der Waals surface area contributed by atoms with Crippen molar-refractivity contribution in [3.8, 4) is 0 Å². The molecule has 6 nitrogen and oxygen atoms in total. The number of hydrogen-bond donors (Lipinski definition) is 0. The number of esters is 1. The Morgan fingerprint density at radius 1 is 1.26 bits per heavy atom. The molecule has 0 amide bonds. The first-order valence-electron chi connectivity index (χ1n) is 9.47. The zero-order valence-electron chi connectivity index (χ0n) is 16.8. The number of allylic oxidation sites excluding steroid dienone is 1. The number of carbonyl (C=O) groups is 1. The minimum Gasteiger partial charge on any atom is -0.460 e. The van der Waals surface area contributed by atoms with Crippen LogP contribution in [0.3, 0.4) is 0 Å². The van der Waals surface area contributed by atoms with E-state index >= 15 is 0 Å². The standard InChI is InChI=1S/C22H19BrN2O4S2/c1-13-18(21(27)29-10-9-28-2)19(16-4-3-11-30-16)25-20(26)17(31-22(25)24-13)12-14-5-7-15(23)8-6-14/h3-8,11-12,19H,9-10H2,1-2H3/b17-12-/t19-/m1/s1. The van der Waals surface area contributed by atoms with Crippen LogP contribution in [0.5, 0.6) is 0 Å². The van der Waals surface area contributed by atoms with Gasteiger partial charge in [-0.15, -0.1) is 11.3 Å². The molecule has 0 aliphatic carbocycles. The lowest BCUT2D eigenvalue weighted by molar-refractivity contribution is -0.140. The monoisotopic (exact) mass is 518 g/mol. The van der Waals surface area contributed by atoms with Crippen molar-refractivity contribution in [3.63, 3.8) is 0 Å². The van der Waals surface area contributed by atoms with Crippen molar-refractivity contribution in [1.29, 1.82) is 0 Å². The number of rotatable bonds is 6. The third-order valence-electron chi connectivity index (χ3n) is 4.74. The number of nitrogens with zero attached hydrogens (tertiary/aromatic N) is 2. The highest BCUT2D eigenvalue weighted by Gasteiger charge is 2.33. The average Bonchev–Trinajstić information content (AvgIpc) is 3.38. The first-order valence-corrected chi connectivity index (χ1v) is 12.0. The fraction of sp³-hybridized carbons (Fsp3) is 0.227. The number of thiazole rings is 1. The van der Waals surface area contributed by atoms with Gasteiger partial charge in [0.1, 0.15) is 12.6 Å². The van der Waals surface area contributed by atoms with Crippen LogP contribution in [0.25, 0.3) is 6.08 Å². The van der Waals surface area contributed by atoms with E-state index < -0.39 is 12.0 Å². The number of aromatic nitrogens is 1. The van der Waals surface area contributed by atoms with E-state index in [-0.39, 0.29) is 12.2 Å². The number of hydrogen-bond acceptors (Lipinski definition) is 7. The van der Waals surface area contributed by atoms with Crippen molar-refractivity contribution in [2.24, 2.45) is 4.99 Å². The van der Waals surface area contributed by atoms with Gasteiger partial charge in [0.05, 0.1) is 22.4 Å². The summed E-state index contributed by atoms with van der Waals surface area (Å²) >= 11 is 6.23. The van der Waals surface area contributed by atoms with Crippen LogP contribution in [0.2, 0.25) is 0 Å². The van der Waals surface area contributed by atoms with E-state index in [1.165, 1.54) is 22.7 Å². The van der Waals surface area contributed by atoms with Gasteiger partial charge in [-0.2, -0.15) is 0 Å². The Hall–Kier alpha value is -2.33. The van der Waals surface area contributed by atoms with Gasteiger partial charge in [-0.3, -0.25) is 9.36 Å². The fourth-order valence-electron chi connectivity index (χ4n) is 3.30. The van der Waals surface area contributed by atoms with Gasteiger partial charge >= 0.3 is 5.97 Å². The predicted molar refractivity (Wildman–Crippen MR) is 125 cm³/mol. The van der Waals surface area contributed by atoms with Crippen molar-refractivity contribution in [2.45, 2.75) is 13.0 Å². The number of thiophene rings is 1. The summed E-state index contributed by atoms with van der Waals surface area (Å²) in [4.78, 5) is 32.4. The summed E-state index contributed by atoms with van der Waals surface area (Å²) < 4.78 is 13.5. The Morgan fingerprint density at radius 2 is 2.03 bits per heavy atom. The minimum absolute atomic E-state index is 0.136. The first kappa shape index (κ1) is 21.9. The van der Waals surface area contributed by atoms with Crippen LogP contribution >= 0.6 is 38.6 Å². The van der Waals surface area contributed by atoms with Crippen molar-refractivity contribution in [1.82, 2.24) is 4.57 Å². The van der Waals surface area contributed by atoms with Crippen LogP contribution in [-0.4, -0.2) is 30.9 Å². The summed E-state index contributed by atoms with van der Waals surface area (Å²) in [6.07, 6.45) is 1.84. The van der Waals surface area contributed by atoms with Gasteiger partial charge in [0.2, 0.25) is 0 Å². The molecule has 0 saturated heterocycles. The van der Waals surface area contributed by atoms with Gasteiger partial charge in [-0.25, -0.2) is 9.79 Å². The molecule has 160 valence electrons. The summed E-state index contributed by atoms with van der Waals surface area (Å²) in [6, 6.07) is 11.0. The van der Waals surface area contributed by atoms with Crippen molar-refractivity contribution >= 4 is 50.6 Å². The zero-order valence-corrected chi connectivity index (χ0v) is 20.1. The van der Waals surface area contributed by atoms with Gasteiger partial charge < -0.3 is 9.47 Å². The van der Waals surface area contributed by atoms with Crippen LogP contribution < -0.4 is 14.9 Å². The lowest BCUT2D eigenvalue weighted by Crippen LogP contribution is -2.39. The van der Waals surface area contributed by atoms with E-state index in [2.05, 4.69) is 20.9 Å². The van der Waals surface area contributed by atoms with Gasteiger partial charge in [-0.05, 0) is 42.1 Å². The molecule has 31 heavy (non-hydrogen) atoms. The van der Waals surface area contributed by atoms with E-state index in [0.717, 1.165) is 14.9 Å². The fourth-order valence-corrected chi connectivity index (χ4v) is 5.44. The molecule has 0 radical (unpaired) electrons. The van der Waals surface area contributed by atoms with E-state index in [9.17, 15) is 9.59 Å². The highest BCUT2D eigenvalue weighted by Crippen LogP contribution is 2.33. The maximum absolute atomic E-state index is 13.4. The zero-order chi connectivity index (χ0) is 22.0. The van der Waals surface area contributed by atoms with Crippen LogP contribution in [-0.2, 0) is 14.3 Å². The Labute approximate surface area is 194 Å². The average molecular weight is 519 g/mol. The highest BCUT2D eigenvalue weighted by atomic mass is 79.9.